The van der Waals surface area contributed by atoms with E-state index in [1.807, 2.05) is 36.4 Å². The molecule has 6 heteroatoms. The Bertz CT molecular complexity index is 926. The average molecular weight is 439 g/mol. The number of benzene rings is 2. The van der Waals surface area contributed by atoms with Crippen molar-refractivity contribution in [1.29, 1.82) is 0 Å². The molecule has 172 valence electrons. The smallest absolute Gasteiger partial charge is 0.234 e. The van der Waals surface area contributed by atoms with Crippen LogP contribution in [0.5, 0.6) is 17.2 Å². The molecule has 0 aromatic heterocycles. The number of carbonyl (C=O) groups is 1. The molecule has 0 bridgehead atoms. The topological polar surface area (TPSA) is 60.0 Å². The maximum absolute atomic E-state index is 13.1. The van der Waals surface area contributed by atoms with Crippen LogP contribution >= 0.6 is 0 Å². The summed E-state index contributed by atoms with van der Waals surface area (Å²) < 4.78 is 17.1. The number of amides is 1. The minimum absolute atomic E-state index is 0.0395. The second kappa shape index (κ2) is 10.3. The van der Waals surface area contributed by atoms with Crippen molar-refractivity contribution in [3.05, 3.63) is 53.6 Å². The fourth-order valence-electron chi connectivity index (χ4n) is 4.22. The van der Waals surface area contributed by atoms with Crippen LogP contribution in [0, 0.1) is 5.92 Å². The Kier molecular flexibility index (Phi) is 7.20. The first-order valence-electron chi connectivity index (χ1n) is 11.6. The molecule has 0 spiro atoms. The first kappa shape index (κ1) is 22.5. The lowest BCUT2D eigenvalue weighted by Crippen LogP contribution is -2.41. The third-order valence-corrected chi connectivity index (χ3v) is 6.09. The number of carbonyl (C=O) groups excluding carboxylic acids is 1. The van der Waals surface area contributed by atoms with Crippen molar-refractivity contribution in [3.63, 3.8) is 0 Å². The Hall–Kier alpha value is -2.73. The van der Waals surface area contributed by atoms with E-state index in [9.17, 15) is 4.79 Å². The fraction of sp³-hybridized carbons (Fsp3) is 0.500. The molecule has 1 amide bonds. The summed E-state index contributed by atoms with van der Waals surface area (Å²) in [7, 11) is 1.69. The van der Waals surface area contributed by atoms with Crippen molar-refractivity contribution in [3.8, 4) is 17.2 Å². The SMILES string of the molecule is COc1ccccc1CN(CC(=O)NC(c1ccc2c(c1)OCCCO2)C(C)C)C1CC1. The standard InChI is InChI=1S/C26H34N2O4/c1-18(2)26(19-9-12-23-24(15-19)32-14-6-13-31-23)27-25(29)17-28(21-10-11-21)16-20-7-4-5-8-22(20)30-3/h4-5,7-9,12,15,18,21,26H,6,10-11,13-14,16-17H2,1-3H3,(H,27,29). The number of nitrogens with one attached hydrogen (secondary N) is 1. The number of hydrogen-bond donors (Lipinski definition) is 1. The van der Waals surface area contributed by atoms with Crippen LogP contribution in [0.1, 0.15) is 50.3 Å². The zero-order valence-corrected chi connectivity index (χ0v) is 19.3. The zero-order chi connectivity index (χ0) is 22.5. The molecule has 1 N–H and O–H groups in total. The van der Waals surface area contributed by atoms with Gasteiger partial charge in [-0.25, -0.2) is 0 Å². The largest absolute Gasteiger partial charge is 0.496 e. The van der Waals surface area contributed by atoms with Gasteiger partial charge in [-0.2, -0.15) is 0 Å². The molecule has 2 aromatic carbocycles. The van der Waals surface area contributed by atoms with Crippen LogP contribution in [0.4, 0.5) is 0 Å². The van der Waals surface area contributed by atoms with Gasteiger partial charge in [0, 0.05) is 24.6 Å². The second-order valence-electron chi connectivity index (χ2n) is 8.99. The summed E-state index contributed by atoms with van der Waals surface area (Å²) in [6, 6.07) is 14.4. The quantitative estimate of drug-likeness (QED) is 0.631. The van der Waals surface area contributed by atoms with Crippen LogP contribution in [0.25, 0.3) is 0 Å². The molecule has 0 saturated heterocycles. The van der Waals surface area contributed by atoms with Gasteiger partial charge in [0.05, 0.1) is 32.9 Å². The van der Waals surface area contributed by atoms with Crippen molar-refractivity contribution in [1.82, 2.24) is 10.2 Å². The summed E-state index contributed by atoms with van der Waals surface area (Å²) >= 11 is 0. The molecule has 1 saturated carbocycles. The lowest BCUT2D eigenvalue weighted by molar-refractivity contribution is -0.123. The summed E-state index contributed by atoms with van der Waals surface area (Å²) in [5.74, 6) is 2.68. The predicted octanol–water partition coefficient (Wildman–Crippen LogP) is 4.33. The van der Waals surface area contributed by atoms with Gasteiger partial charge in [-0.05, 0) is 42.5 Å². The van der Waals surface area contributed by atoms with Crippen LogP contribution in [0.2, 0.25) is 0 Å². The van der Waals surface area contributed by atoms with E-state index in [2.05, 4.69) is 30.1 Å². The molecule has 2 aromatic rings. The van der Waals surface area contributed by atoms with E-state index in [-0.39, 0.29) is 17.9 Å². The van der Waals surface area contributed by atoms with E-state index in [1.165, 1.54) is 0 Å². The number of hydrogen-bond acceptors (Lipinski definition) is 5. The Morgan fingerprint density at radius 2 is 1.88 bits per heavy atom. The molecule has 4 rings (SSSR count). The maximum atomic E-state index is 13.1. The van der Waals surface area contributed by atoms with E-state index in [4.69, 9.17) is 14.2 Å². The minimum atomic E-state index is -0.0908. The Labute approximate surface area is 190 Å². The lowest BCUT2D eigenvalue weighted by atomic mass is 9.95. The summed E-state index contributed by atoms with van der Waals surface area (Å²) in [5.41, 5.74) is 2.15. The Morgan fingerprint density at radius 1 is 1.12 bits per heavy atom. The van der Waals surface area contributed by atoms with Crippen LogP contribution in [0.3, 0.4) is 0 Å². The highest BCUT2D eigenvalue weighted by Gasteiger charge is 2.31. The normalized spacial score (nSPS) is 16.5. The van der Waals surface area contributed by atoms with E-state index < -0.39 is 0 Å². The molecule has 1 atom stereocenters. The van der Waals surface area contributed by atoms with Gasteiger partial charge in [-0.1, -0.05) is 38.1 Å². The highest BCUT2D eigenvalue weighted by molar-refractivity contribution is 5.78. The van der Waals surface area contributed by atoms with Crippen LogP contribution < -0.4 is 19.5 Å². The van der Waals surface area contributed by atoms with Crippen LogP contribution in [-0.2, 0) is 11.3 Å². The van der Waals surface area contributed by atoms with Crippen molar-refractivity contribution in [2.75, 3.05) is 26.9 Å². The lowest BCUT2D eigenvalue weighted by Gasteiger charge is -2.27. The number of fused-ring (bicyclic) bond motifs is 1. The van der Waals surface area contributed by atoms with Gasteiger partial charge in [-0.3, -0.25) is 9.69 Å². The first-order valence-corrected chi connectivity index (χ1v) is 11.6. The highest BCUT2D eigenvalue weighted by Crippen LogP contribution is 2.34. The molecular weight excluding hydrogens is 404 g/mol. The van der Waals surface area contributed by atoms with E-state index in [0.29, 0.717) is 32.3 Å². The molecule has 1 heterocycles. The van der Waals surface area contributed by atoms with E-state index in [0.717, 1.165) is 47.6 Å². The van der Waals surface area contributed by atoms with Crippen molar-refractivity contribution in [2.45, 2.75) is 51.7 Å². The average Bonchev–Trinajstić information content (AvgIpc) is 3.64. The summed E-state index contributed by atoms with van der Waals surface area (Å²) in [6.45, 7) is 6.65. The summed E-state index contributed by atoms with van der Waals surface area (Å²) in [4.78, 5) is 15.4. The molecular formula is C26H34N2O4. The Morgan fingerprint density at radius 3 is 2.59 bits per heavy atom. The van der Waals surface area contributed by atoms with Crippen molar-refractivity contribution in [2.24, 2.45) is 5.92 Å². The van der Waals surface area contributed by atoms with Crippen LogP contribution in [-0.4, -0.2) is 43.7 Å². The second-order valence-corrected chi connectivity index (χ2v) is 8.99. The first-order chi connectivity index (χ1) is 15.5. The van der Waals surface area contributed by atoms with Crippen molar-refractivity contribution >= 4 is 5.91 Å². The molecule has 32 heavy (non-hydrogen) atoms. The number of ether oxygens (including phenoxy) is 3. The highest BCUT2D eigenvalue weighted by atomic mass is 16.5. The molecule has 1 unspecified atom stereocenters. The van der Waals surface area contributed by atoms with E-state index in [1.54, 1.807) is 7.11 Å². The number of methoxy groups -OCH3 is 1. The van der Waals surface area contributed by atoms with Gasteiger partial charge in [0.1, 0.15) is 5.75 Å². The van der Waals surface area contributed by atoms with Gasteiger partial charge < -0.3 is 19.5 Å². The molecule has 1 fully saturated rings. The number of nitrogens with zero attached hydrogens (tertiary/aromatic N) is 1. The van der Waals surface area contributed by atoms with Gasteiger partial charge in [0.2, 0.25) is 5.91 Å². The third kappa shape index (κ3) is 5.54. The number of para-hydroxylation sites is 1. The maximum Gasteiger partial charge on any atom is 0.234 e. The van der Waals surface area contributed by atoms with Crippen molar-refractivity contribution < 1.29 is 19.0 Å². The van der Waals surface area contributed by atoms with Gasteiger partial charge >= 0.3 is 0 Å². The summed E-state index contributed by atoms with van der Waals surface area (Å²) in [5, 5.41) is 3.27. The third-order valence-electron chi connectivity index (χ3n) is 6.09. The molecule has 6 nitrogen and oxygen atoms in total. The minimum Gasteiger partial charge on any atom is -0.496 e. The fourth-order valence-corrected chi connectivity index (χ4v) is 4.22. The van der Waals surface area contributed by atoms with Gasteiger partial charge in [0.15, 0.2) is 11.5 Å². The summed E-state index contributed by atoms with van der Waals surface area (Å²) in [6.07, 6.45) is 3.15. The van der Waals surface area contributed by atoms with Gasteiger partial charge in [0.25, 0.3) is 0 Å². The number of rotatable bonds is 9. The molecule has 0 radical (unpaired) electrons. The van der Waals surface area contributed by atoms with Crippen LogP contribution in [0.15, 0.2) is 42.5 Å². The van der Waals surface area contributed by atoms with E-state index >= 15 is 0 Å². The molecule has 2 aliphatic rings. The Balaban J connectivity index is 1.45. The van der Waals surface area contributed by atoms with Gasteiger partial charge in [-0.15, -0.1) is 0 Å². The predicted molar refractivity (Wildman–Crippen MR) is 124 cm³/mol. The monoisotopic (exact) mass is 438 g/mol. The molecule has 1 aliphatic heterocycles. The zero-order valence-electron chi connectivity index (χ0n) is 19.3. The molecule has 1 aliphatic carbocycles.